The molecule has 0 amide bonds. The molecular formula is C26H28N2O3S. The third-order valence-electron chi connectivity index (χ3n) is 5.84. The van der Waals surface area contributed by atoms with E-state index in [1.165, 1.54) is 16.7 Å². The van der Waals surface area contributed by atoms with Crippen LogP contribution in [-0.2, 0) is 22.2 Å². The lowest BCUT2D eigenvalue weighted by molar-refractivity contribution is -0.136. The Balaban J connectivity index is 1.49. The van der Waals surface area contributed by atoms with Crippen molar-refractivity contribution in [1.29, 1.82) is 0 Å². The second-order valence-corrected chi connectivity index (χ2v) is 9.64. The minimum atomic E-state index is -1.30. The van der Waals surface area contributed by atoms with Gasteiger partial charge in [0, 0.05) is 26.2 Å². The second-order valence-electron chi connectivity index (χ2n) is 8.16. The lowest BCUT2D eigenvalue weighted by atomic mass is 9.96. The fraction of sp³-hybridized carbons (Fsp3) is 0.269. The van der Waals surface area contributed by atoms with Gasteiger partial charge in [-0.1, -0.05) is 72.3 Å². The Morgan fingerprint density at radius 1 is 0.906 bits per heavy atom. The first-order chi connectivity index (χ1) is 15.5. The summed E-state index contributed by atoms with van der Waals surface area (Å²) in [7, 11) is -1.30. The van der Waals surface area contributed by atoms with Crippen molar-refractivity contribution in [1.82, 2.24) is 9.21 Å². The molecule has 5 nitrogen and oxygen atoms in total. The summed E-state index contributed by atoms with van der Waals surface area (Å²) in [5.74, 6) is -0.885. The zero-order valence-corrected chi connectivity index (χ0v) is 19.0. The van der Waals surface area contributed by atoms with E-state index in [0.717, 1.165) is 13.1 Å². The molecule has 3 aromatic carbocycles. The molecule has 1 aliphatic rings. The zero-order chi connectivity index (χ0) is 22.5. The number of carbonyl (C=O) groups is 1. The maximum atomic E-state index is 13.2. The van der Waals surface area contributed by atoms with Crippen molar-refractivity contribution in [3.05, 3.63) is 101 Å². The average molecular weight is 449 g/mol. The molecule has 0 aliphatic carbocycles. The molecule has 2 unspecified atom stereocenters. The first-order valence-corrected chi connectivity index (χ1v) is 11.9. The fourth-order valence-corrected chi connectivity index (χ4v) is 5.45. The van der Waals surface area contributed by atoms with Crippen molar-refractivity contribution in [2.24, 2.45) is 0 Å². The largest absolute Gasteiger partial charge is 0.481 e. The molecule has 6 heteroatoms. The molecule has 166 valence electrons. The lowest BCUT2D eigenvalue weighted by Gasteiger charge is -2.39. The molecule has 1 fully saturated rings. The van der Waals surface area contributed by atoms with Crippen LogP contribution in [0.1, 0.15) is 28.3 Å². The summed E-state index contributed by atoms with van der Waals surface area (Å²) in [5.41, 5.74) is 4.43. The van der Waals surface area contributed by atoms with Gasteiger partial charge in [0.2, 0.25) is 0 Å². The number of hydrogen-bond donors (Lipinski definition) is 1. The van der Waals surface area contributed by atoms with Gasteiger partial charge in [-0.05, 0) is 35.7 Å². The summed E-state index contributed by atoms with van der Waals surface area (Å²) in [6.07, 6.45) is -0.0614. The van der Waals surface area contributed by atoms with Crippen LogP contribution in [0.4, 0.5) is 0 Å². The summed E-state index contributed by atoms with van der Waals surface area (Å²) >= 11 is 0. The Hall–Kier alpha value is -2.80. The monoisotopic (exact) mass is 448 g/mol. The molecule has 0 bridgehead atoms. The number of hydrogen-bond acceptors (Lipinski definition) is 3. The molecule has 32 heavy (non-hydrogen) atoms. The van der Waals surface area contributed by atoms with E-state index in [0.29, 0.717) is 23.5 Å². The molecule has 4 rings (SSSR count). The number of piperazine rings is 1. The highest BCUT2D eigenvalue weighted by Crippen LogP contribution is 2.30. The number of rotatable bonds is 7. The van der Waals surface area contributed by atoms with Gasteiger partial charge < -0.3 is 5.11 Å². The molecule has 0 spiro atoms. The van der Waals surface area contributed by atoms with Crippen LogP contribution in [0.2, 0.25) is 0 Å². The second kappa shape index (κ2) is 10.2. The van der Waals surface area contributed by atoms with Crippen LogP contribution < -0.4 is 0 Å². The van der Waals surface area contributed by atoms with Crippen LogP contribution >= 0.6 is 0 Å². The molecule has 0 aromatic heterocycles. The van der Waals surface area contributed by atoms with Crippen molar-refractivity contribution in [3.8, 4) is 0 Å². The Morgan fingerprint density at radius 3 is 2.22 bits per heavy atom. The Labute approximate surface area is 191 Å². The van der Waals surface area contributed by atoms with Crippen molar-refractivity contribution < 1.29 is 14.1 Å². The molecule has 1 saturated heterocycles. The molecule has 1 aliphatic heterocycles. The van der Waals surface area contributed by atoms with Crippen LogP contribution in [0.3, 0.4) is 0 Å². The Morgan fingerprint density at radius 2 is 1.56 bits per heavy atom. The predicted octanol–water partition coefficient (Wildman–Crippen LogP) is 4.05. The van der Waals surface area contributed by atoms with E-state index in [2.05, 4.69) is 60.4 Å². The smallest absolute Gasteiger partial charge is 0.307 e. The number of benzene rings is 3. The normalized spacial score (nSPS) is 17.0. The number of aliphatic carboxylic acids is 1. The van der Waals surface area contributed by atoms with E-state index < -0.39 is 17.0 Å². The molecule has 2 atom stereocenters. The average Bonchev–Trinajstić information content (AvgIpc) is 2.81. The molecule has 0 radical (unpaired) electrons. The summed E-state index contributed by atoms with van der Waals surface area (Å²) in [6, 6.07) is 26.5. The summed E-state index contributed by atoms with van der Waals surface area (Å²) in [5, 5.41) is 9.04. The molecule has 0 saturated carbocycles. The van der Waals surface area contributed by atoms with E-state index in [9.17, 15) is 9.00 Å². The van der Waals surface area contributed by atoms with Gasteiger partial charge in [0.15, 0.2) is 0 Å². The highest BCUT2D eigenvalue weighted by molar-refractivity contribution is 7.82. The first kappa shape index (κ1) is 22.4. The summed E-state index contributed by atoms with van der Waals surface area (Å²) in [4.78, 5) is 14.1. The minimum absolute atomic E-state index is 0.0614. The topological polar surface area (TPSA) is 60.9 Å². The molecular weight excluding hydrogens is 420 g/mol. The van der Waals surface area contributed by atoms with Crippen molar-refractivity contribution in [2.75, 3.05) is 26.2 Å². The van der Waals surface area contributed by atoms with Crippen LogP contribution in [-0.4, -0.2) is 50.7 Å². The molecule has 1 heterocycles. The van der Waals surface area contributed by atoms with E-state index >= 15 is 0 Å². The van der Waals surface area contributed by atoms with E-state index in [1.807, 2.05) is 16.4 Å². The van der Waals surface area contributed by atoms with Crippen molar-refractivity contribution >= 4 is 17.0 Å². The zero-order valence-electron chi connectivity index (χ0n) is 18.2. The van der Waals surface area contributed by atoms with Crippen molar-refractivity contribution in [3.63, 3.8) is 0 Å². The summed E-state index contributed by atoms with van der Waals surface area (Å²) in [6.45, 7) is 5.07. The van der Waals surface area contributed by atoms with E-state index in [1.54, 1.807) is 18.2 Å². The quantitative estimate of drug-likeness (QED) is 0.592. The first-order valence-electron chi connectivity index (χ1n) is 10.8. The van der Waals surface area contributed by atoms with Crippen molar-refractivity contribution in [2.45, 2.75) is 24.3 Å². The maximum Gasteiger partial charge on any atom is 0.307 e. The van der Waals surface area contributed by atoms with Gasteiger partial charge in [-0.2, -0.15) is 0 Å². The summed E-state index contributed by atoms with van der Waals surface area (Å²) < 4.78 is 15.1. The van der Waals surface area contributed by atoms with Gasteiger partial charge in [-0.15, -0.1) is 0 Å². The van der Waals surface area contributed by atoms with Gasteiger partial charge in [0.25, 0.3) is 0 Å². The third kappa shape index (κ3) is 5.33. The van der Waals surface area contributed by atoms with Gasteiger partial charge >= 0.3 is 5.97 Å². The van der Waals surface area contributed by atoms with E-state index in [4.69, 9.17) is 5.11 Å². The van der Waals surface area contributed by atoms with Crippen LogP contribution in [0.25, 0.3) is 0 Å². The number of carboxylic acid groups (broad SMARTS) is 1. The number of aryl methyl sites for hydroxylation is 1. The number of nitrogens with zero attached hydrogens (tertiary/aromatic N) is 2. The van der Waals surface area contributed by atoms with Gasteiger partial charge in [-0.3, -0.25) is 9.69 Å². The molecule has 1 N–H and O–H groups in total. The fourth-order valence-electron chi connectivity index (χ4n) is 4.21. The maximum absolute atomic E-state index is 13.2. The third-order valence-corrected chi connectivity index (χ3v) is 7.33. The number of carboxylic acids is 1. The molecule has 3 aromatic rings. The Kier molecular flexibility index (Phi) is 7.15. The van der Waals surface area contributed by atoms with Gasteiger partial charge in [-0.25, -0.2) is 8.51 Å². The van der Waals surface area contributed by atoms with Crippen LogP contribution in [0, 0.1) is 6.92 Å². The van der Waals surface area contributed by atoms with Gasteiger partial charge in [0.1, 0.15) is 11.0 Å². The SMILES string of the molecule is Cc1ccc(C(c2ccccc2)N2CCN(S(=O)c3cccc(CC(=O)O)c3)CC2)cc1. The minimum Gasteiger partial charge on any atom is -0.481 e. The predicted molar refractivity (Wildman–Crippen MR) is 127 cm³/mol. The Bertz CT molecular complexity index is 1080. The van der Waals surface area contributed by atoms with Crippen LogP contribution in [0.15, 0.2) is 83.8 Å². The highest BCUT2D eigenvalue weighted by Gasteiger charge is 2.28. The highest BCUT2D eigenvalue weighted by atomic mass is 32.2. The lowest BCUT2D eigenvalue weighted by Crippen LogP contribution is -2.48. The van der Waals surface area contributed by atoms with E-state index in [-0.39, 0.29) is 12.5 Å². The van der Waals surface area contributed by atoms with Gasteiger partial charge in [0.05, 0.1) is 17.4 Å². The standard InChI is InChI=1S/C26H28N2O3S/c1-20-10-12-23(13-11-20)26(22-7-3-2-4-8-22)27-14-16-28(17-15-27)32(31)24-9-5-6-21(18-24)19-25(29)30/h2-13,18,26H,14-17,19H2,1H3,(H,29,30). The van der Waals surface area contributed by atoms with Crippen LogP contribution in [0.5, 0.6) is 0 Å².